The van der Waals surface area contributed by atoms with Crippen molar-refractivity contribution in [1.29, 1.82) is 0 Å². The summed E-state index contributed by atoms with van der Waals surface area (Å²) in [7, 11) is 0. The minimum absolute atomic E-state index is 0.101. The Labute approximate surface area is 199 Å². The number of nitrogens with zero attached hydrogens (tertiary/aromatic N) is 4. The Hall–Kier alpha value is -3.46. The number of hydrogen-bond donors (Lipinski definition) is 1. The highest BCUT2D eigenvalue weighted by Crippen LogP contribution is 2.17. The quantitative estimate of drug-likeness (QED) is 0.467. The van der Waals surface area contributed by atoms with Gasteiger partial charge in [-0.05, 0) is 37.1 Å². The molecule has 4 heterocycles. The summed E-state index contributed by atoms with van der Waals surface area (Å²) in [5.74, 6) is 0.249. The number of carbonyl (C=O) groups is 2. The van der Waals surface area contributed by atoms with Crippen LogP contribution in [0.3, 0.4) is 0 Å². The molecule has 3 aromatic rings. The molecule has 0 bridgehead atoms. The predicted octanol–water partition coefficient (Wildman–Crippen LogP) is 2.81. The first-order chi connectivity index (χ1) is 16.6. The van der Waals surface area contributed by atoms with E-state index in [0.717, 1.165) is 30.8 Å². The van der Waals surface area contributed by atoms with Crippen LogP contribution in [-0.2, 0) is 29.0 Å². The van der Waals surface area contributed by atoms with Crippen LogP contribution in [0.1, 0.15) is 54.0 Å². The van der Waals surface area contributed by atoms with Crippen molar-refractivity contribution in [3.05, 3.63) is 72.0 Å². The molecule has 2 amide bonds. The van der Waals surface area contributed by atoms with Crippen molar-refractivity contribution in [3.63, 3.8) is 0 Å². The van der Waals surface area contributed by atoms with Gasteiger partial charge in [-0.2, -0.15) is 0 Å². The number of nitrogens with one attached hydrogen (secondary N) is 1. The first-order valence-electron chi connectivity index (χ1n) is 11.8. The number of carbonyl (C=O) groups excluding carboxylic acids is 2. The Morgan fingerprint density at radius 1 is 1.26 bits per heavy atom. The average molecular weight is 466 g/mol. The molecule has 34 heavy (non-hydrogen) atoms. The number of pyridine rings is 1. The van der Waals surface area contributed by atoms with Crippen LogP contribution in [0.15, 0.2) is 53.4 Å². The summed E-state index contributed by atoms with van der Waals surface area (Å²) in [6, 6.07) is 9.62. The van der Waals surface area contributed by atoms with Crippen molar-refractivity contribution < 1.29 is 18.7 Å². The second-order valence-electron chi connectivity index (χ2n) is 8.34. The first-order valence-corrected chi connectivity index (χ1v) is 11.8. The van der Waals surface area contributed by atoms with Crippen molar-refractivity contribution in [2.75, 3.05) is 19.7 Å². The fourth-order valence-corrected chi connectivity index (χ4v) is 4.03. The van der Waals surface area contributed by atoms with Gasteiger partial charge >= 0.3 is 0 Å². The molecular weight excluding hydrogens is 434 g/mol. The zero-order chi connectivity index (χ0) is 23.8. The van der Waals surface area contributed by atoms with Crippen molar-refractivity contribution in [1.82, 2.24) is 24.8 Å². The minimum Gasteiger partial charge on any atom is -0.446 e. The molecule has 1 unspecified atom stereocenters. The molecule has 1 aliphatic rings. The van der Waals surface area contributed by atoms with E-state index >= 15 is 0 Å². The van der Waals surface area contributed by atoms with Crippen LogP contribution >= 0.6 is 0 Å². The third-order valence-corrected chi connectivity index (χ3v) is 5.86. The number of oxazole rings is 1. The predicted molar refractivity (Wildman–Crippen MR) is 125 cm³/mol. The Kier molecular flexibility index (Phi) is 8.08. The summed E-state index contributed by atoms with van der Waals surface area (Å²) in [6.07, 6.45) is 8.25. The molecule has 0 radical (unpaired) electrons. The van der Waals surface area contributed by atoms with Crippen molar-refractivity contribution in [2.24, 2.45) is 0 Å². The lowest BCUT2D eigenvalue weighted by Gasteiger charge is -2.25. The van der Waals surface area contributed by atoms with Crippen LogP contribution in [-0.4, -0.2) is 57.0 Å². The lowest BCUT2D eigenvalue weighted by Crippen LogP contribution is -2.37. The molecule has 0 spiro atoms. The number of aromatic nitrogens is 3. The SMILES string of the molecule is CCC(=O)N(Cc1cccn1Cc1nc(C(=O)NCCc2ccccn2)co1)CC1CCCO1. The highest BCUT2D eigenvalue weighted by molar-refractivity contribution is 5.91. The van der Waals surface area contributed by atoms with Crippen LogP contribution < -0.4 is 5.32 Å². The van der Waals surface area contributed by atoms with Gasteiger partial charge in [-0.1, -0.05) is 13.0 Å². The van der Waals surface area contributed by atoms with Gasteiger partial charge in [0.2, 0.25) is 11.8 Å². The Bertz CT molecular complexity index is 1070. The lowest BCUT2D eigenvalue weighted by molar-refractivity contribution is -0.133. The highest BCUT2D eigenvalue weighted by atomic mass is 16.5. The van der Waals surface area contributed by atoms with E-state index in [-0.39, 0.29) is 23.6 Å². The largest absolute Gasteiger partial charge is 0.446 e. The second-order valence-corrected chi connectivity index (χ2v) is 8.34. The van der Waals surface area contributed by atoms with E-state index in [0.29, 0.717) is 44.9 Å². The van der Waals surface area contributed by atoms with Gasteiger partial charge in [0.05, 0.1) is 19.2 Å². The molecule has 1 fully saturated rings. The van der Waals surface area contributed by atoms with Crippen LogP contribution in [0.5, 0.6) is 0 Å². The van der Waals surface area contributed by atoms with E-state index in [1.165, 1.54) is 6.26 Å². The van der Waals surface area contributed by atoms with Crippen LogP contribution in [0.4, 0.5) is 0 Å². The summed E-state index contributed by atoms with van der Waals surface area (Å²) in [5, 5.41) is 2.85. The Morgan fingerprint density at radius 2 is 2.18 bits per heavy atom. The van der Waals surface area contributed by atoms with Gasteiger partial charge in [0.25, 0.3) is 5.91 Å². The molecule has 4 rings (SSSR count). The lowest BCUT2D eigenvalue weighted by atomic mass is 10.2. The molecule has 9 heteroatoms. The van der Waals surface area contributed by atoms with Gasteiger partial charge in [-0.15, -0.1) is 0 Å². The maximum atomic E-state index is 12.5. The highest BCUT2D eigenvalue weighted by Gasteiger charge is 2.23. The zero-order valence-electron chi connectivity index (χ0n) is 19.5. The molecule has 1 atom stereocenters. The fraction of sp³-hybridized carbons (Fsp3) is 0.440. The van der Waals surface area contributed by atoms with E-state index in [1.807, 2.05) is 52.9 Å². The summed E-state index contributed by atoms with van der Waals surface area (Å²) in [6.45, 7) is 4.56. The third kappa shape index (κ3) is 6.32. The molecule has 9 nitrogen and oxygen atoms in total. The standard InChI is InChI=1S/C25H31N5O4/c1-2-24(31)30(16-21-9-6-14-33-21)15-20-8-5-13-29(20)17-23-28-22(18-34-23)25(32)27-12-10-19-7-3-4-11-26-19/h3-5,7-8,11,13,18,21H,2,6,9-10,12,14-17H2,1H3,(H,27,32). The summed E-state index contributed by atoms with van der Waals surface area (Å²) >= 11 is 0. The van der Waals surface area contributed by atoms with Crippen LogP contribution in [0, 0.1) is 0 Å². The maximum Gasteiger partial charge on any atom is 0.273 e. The second kappa shape index (κ2) is 11.6. The van der Waals surface area contributed by atoms with Gasteiger partial charge < -0.3 is 23.9 Å². The first kappa shape index (κ1) is 23.7. The van der Waals surface area contributed by atoms with Crippen molar-refractivity contribution in [2.45, 2.75) is 51.8 Å². The van der Waals surface area contributed by atoms with Gasteiger partial charge in [0.1, 0.15) is 6.26 Å². The van der Waals surface area contributed by atoms with Gasteiger partial charge in [0.15, 0.2) is 5.69 Å². The maximum absolute atomic E-state index is 12.5. The molecule has 0 aliphatic carbocycles. The zero-order valence-corrected chi connectivity index (χ0v) is 19.5. The van der Waals surface area contributed by atoms with E-state index in [4.69, 9.17) is 9.15 Å². The molecule has 1 saturated heterocycles. The smallest absolute Gasteiger partial charge is 0.273 e. The number of rotatable bonds is 11. The molecule has 0 saturated carbocycles. The Morgan fingerprint density at radius 3 is 2.94 bits per heavy atom. The van der Waals surface area contributed by atoms with Crippen LogP contribution in [0.2, 0.25) is 0 Å². The topological polar surface area (TPSA) is 102 Å². The molecule has 0 aromatic carbocycles. The van der Waals surface area contributed by atoms with E-state index in [9.17, 15) is 9.59 Å². The molecule has 180 valence electrons. The number of amides is 2. The fourth-order valence-electron chi connectivity index (χ4n) is 4.03. The van der Waals surface area contributed by atoms with Gasteiger partial charge in [0, 0.05) is 56.3 Å². The Balaban J connectivity index is 1.33. The summed E-state index contributed by atoms with van der Waals surface area (Å²) < 4.78 is 13.3. The number of ether oxygens (including phenoxy) is 1. The van der Waals surface area contributed by atoms with Gasteiger partial charge in [-0.3, -0.25) is 14.6 Å². The van der Waals surface area contributed by atoms with E-state index in [1.54, 1.807) is 6.20 Å². The molecule has 3 aromatic heterocycles. The normalized spacial score (nSPS) is 15.4. The molecule has 1 N–H and O–H groups in total. The summed E-state index contributed by atoms with van der Waals surface area (Å²) in [4.78, 5) is 35.4. The van der Waals surface area contributed by atoms with E-state index in [2.05, 4.69) is 15.3 Å². The van der Waals surface area contributed by atoms with Crippen LogP contribution in [0.25, 0.3) is 0 Å². The number of hydrogen-bond acceptors (Lipinski definition) is 6. The third-order valence-electron chi connectivity index (χ3n) is 5.86. The molecule has 1 aliphatic heterocycles. The summed E-state index contributed by atoms with van der Waals surface area (Å²) in [5.41, 5.74) is 2.13. The van der Waals surface area contributed by atoms with Gasteiger partial charge in [-0.25, -0.2) is 4.98 Å². The molecular formula is C25H31N5O4. The minimum atomic E-state index is -0.282. The average Bonchev–Trinajstić information content (AvgIpc) is 3.62. The van der Waals surface area contributed by atoms with Crippen molar-refractivity contribution in [3.8, 4) is 0 Å². The monoisotopic (exact) mass is 465 g/mol. The van der Waals surface area contributed by atoms with Crippen molar-refractivity contribution >= 4 is 11.8 Å². The van der Waals surface area contributed by atoms with E-state index < -0.39 is 0 Å².